The van der Waals surface area contributed by atoms with Crippen molar-refractivity contribution in [1.29, 1.82) is 0 Å². The molecule has 0 radical (unpaired) electrons. The summed E-state index contributed by atoms with van der Waals surface area (Å²) >= 11 is 0. The van der Waals surface area contributed by atoms with Gasteiger partial charge >= 0.3 is 0 Å². The molecule has 0 saturated carbocycles. The van der Waals surface area contributed by atoms with Gasteiger partial charge in [-0.2, -0.15) is 0 Å². The van der Waals surface area contributed by atoms with Crippen molar-refractivity contribution in [3.05, 3.63) is 59.7 Å². The van der Waals surface area contributed by atoms with Crippen molar-refractivity contribution >= 4 is 11.8 Å². The number of pyridine rings is 1. The Bertz CT molecular complexity index is 1090. The molecule has 1 atom stereocenters. The number of fused-ring (bicyclic) bond motifs is 1. The molecule has 2 amide bonds. The summed E-state index contributed by atoms with van der Waals surface area (Å²) < 4.78 is 12.3. The Labute approximate surface area is 185 Å². The van der Waals surface area contributed by atoms with Crippen LogP contribution in [0.5, 0.6) is 5.88 Å². The van der Waals surface area contributed by atoms with Crippen molar-refractivity contribution in [2.24, 2.45) is 5.92 Å². The standard InChI is InChI=1S/C22H26N6O4/c1-14(2)18(24-20(29)15-7-12-32-13-15)19-26-25-17-6-9-27(10-11-28(17)19)22(30)16-5-4-8-23-21(16)31-3/h4-5,7-8,12-14,18H,6,9-11H2,1-3H3,(H,24,29). The highest BCUT2D eigenvalue weighted by Crippen LogP contribution is 2.24. The van der Waals surface area contributed by atoms with Crippen molar-refractivity contribution in [3.63, 3.8) is 0 Å². The van der Waals surface area contributed by atoms with Gasteiger partial charge in [-0.25, -0.2) is 4.98 Å². The molecule has 1 aliphatic heterocycles. The second-order valence-corrected chi connectivity index (χ2v) is 7.94. The first-order valence-electron chi connectivity index (χ1n) is 10.5. The third-order valence-corrected chi connectivity index (χ3v) is 5.55. The van der Waals surface area contributed by atoms with Gasteiger partial charge in [-0.3, -0.25) is 9.59 Å². The molecule has 3 aromatic heterocycles. The normalized spacial score (nSPS) is 14.6. The molecular weight excluding hydrogens is 412 g/mol. The third kappa shape index (κ3) is 4.20. The van der Waals surface area contributed by atoms with Gasteiger partial charge in [0.1, 0.15) is 17.7 Å². The fourth-order valence-corrected chi connectivity index (χ4v) is 3.81. The Morgan fingerprint density at radius 1 is 1.19 bits per heavy atom. The third-order valence-electron chi connectivity index (χ3n) is 5.55. The second kappa shape index (κ2) is 9.21. The average Bonchev–Trinajstić information content (AvgIpc) is 3.43. The van der Waals surface area contributed by atoms with Crippen LogP contribution in [0.3, 0.4) is 0 Å². The van der Waals surface area contributed by atoms with Crippen LogP contribution >= 0.6 is 0 Å². The van der Waals surface area contributed by atoms with E-state index < -0.39 is 0 Å². The van der Waals surface area contributed by atoms with E-state index in [0.29, 0.717) is 48.9 Å². The lowest BCUT2D eigenvalue weighted by atomic mass is 10.0. The fraction of sp³-hybridized carbons (Fsp3) is 0.409. The molecule has 168 valence electrons. The van der Waals surface area contributed by atoms with Gasteiger partial charge in [0, 0.05) is 32.3 Å². The highest BCUT2D eigenvalue weighted by atomic mass is 16.5. The number of hydrogen-bond donors (Lipinski definition) is 1. The first-order chi connectivity index (χ1) is 15.5. The van der Waals surface area contributed by atoms with Gasteiger partial charge in [0.2, 0.25) is 5.88 Å². The molecule has 3 aromatic rings. The number of ether oxygens (including phenoxy) is 1. The number of amides is 2. The molecule has 1 aliphatic rings. The van der Waals surface area contributed by atoms with E-state index in [4.69, 9.17) is 9.15 Å². The smallest absolute Gasteiger partial charge is 0.259 e. The van der Waals surface area contributed by atoms with E-state index >= 15 is 0 Å². The molecule has 10 heteroatoms. The number of carbonyl (C=O) groups is 2. The first kappa shape index (κ1) is 21.5. The van der Waals surface area contributed by atoms with Crippen LogP contribution < -0.4 is 10.1 Å². The monoisotopic (exact) mass is 438 g/mol. The van der Waals surface area contributed by atoms with Crippen LogP contribution in [0.2, 0.25) is 0 Å². The van der Waals surface area contributed by atoms with Gasteiger partial charge in [-0.15, -0.1) is 10.2 Å². The number of aromatic nitrogens is 4. The van der Waals surface area contributed by atoms with E-state index in [9.17, 15) is 9.59 Å². The summed E-state index contributed by atoms with van der Waals surface area (Å²) in [6.45, 7) is 5.54. The number of nitrogens with one attached hydrogen (secondary N) is 1. The van der Waals surface area contributed by atoms with Crippen molar-refractivity contribution in [1.82, 2.24) is 30.0 Å². The van der Waals surface area contributed by atoms with Crippen molar-refractivity contribution < 1.29 is 18.7 Å². The summed E-state index contributed by atoms with van der Waals surface area (Å²) in [5.41, 5.74) is 0.883. The van der Waals surface area contributed by atoms with Gasteiger partial charge in [0.05, 0.1) is 25.0 Å². The summed E-state index contributed by atoms with van der Waals surface area (Å²) in [6, 6.07) is 4.72. The molecule has 0 spiro atoms. The Balaban J connectivity index is 1.53. The fourth-order valence-electron chi connectivity index (χ4n) is 3.81. The average molecular weight is 438 g/mol. The predicted octanol–water partition coefficient (Wildman–Crippen LogP) is 2.10. The summed E-state index contributed by atoms with van der Waals surface area (Å²) in [6.07, 6.45) is 5.02. The topological polar surface area (TPSA) is 115 Å². The van der Waals surface area contributed by atoms with Crippen LogP contribution in [0.25, 0.3) is 0 Å². The minimum absolute atomic E-state index is 0.0831. The van der Waals surface area contributed by atoms with E-state index in [-0.39, 0.29) is 23.8 Å². The number of furan rings is 1. The van der Waals surface area contributed by atoms with E-state index in [0.717, 1.165) is 5.82 Å². The van der Waals surface area contributed by atoms with Crippen LogP contribution in [-0.2, 0) is 13.0 Å². The van der Waals surface area contributed by atoms with Crippen LogP contribution in [0.4, 0.5) is 0 Å². The molecule has 4 rings (SSSR count). The minimum Gasteiger partial charge on any atom is -0.480 e. The van der Waals surface area contributed by atoms with E-state index in [2.05, 4.69) is 20.5 Å². The number of rotatable bonds is 6. The van der Waals surface area contributed by atoms with Gasteiger partial charge in [0.15, 0.2) is 5.82 Å². The zero-order chi connectivity index (χ0) is 22.7. The summed E-state index contributed by atoms with van der Waals surface area (Å²) in [7, 11) is 1.50. The molecule has 4 heterocycles. The summed E-state index contributed by atoms with van der Waals surface area (Å²) in [4.78, 5) is 31.6. The van der Waals surface area contributed by atoms with E-state index in [1.165, 1.54) is 19.6 Å². The molecule has 0 bridgehead atoms. The zero-order valence-corrected chi connectivity index (χ0v) is 18.3. The van der Waals surface area contributed by atoms with Crippen LogP contribution in [0.1, 0.15) is 52.3 Å². The number of methoxy groups -OCH3 is 1. The zero-order valence-electron chi connectivity index (χ0n) is 18.3. The maximum atomic E-state index is 13.1. The van der Waals surface area contributed by atoms with Crippen LogP contribution in [0, 0.1) is 5.92 Å². The molecule has 0 aliphatic carbocycles. The van der Waals surface area contributed by atoms with Gasteiger partial charge < -0.3 is 23.9 Å². The van der Waals surface area contributed by atoms with Gasteiger partial charge in [-0.1, -0.05) is 13.8 Å². The summed E-state index contributed by atoms with van der Waals surface area (Å²) in [5, 5.41) is 11.8. The molecule has 0 aromatic carbocycles. The number of carbonyl (C=O) groups excluding carboxylic acids is 2. The van der Waals surface area contributed by atoms with Gasteiger partial charge in [-0.05, 0) is 24.1 Å². The minimum atomic E-state index is -0.334. The highest BCUT2D eigenvalue weighted by Gasteiger charge is 2.29. The van der Waals surface area contributed by atoms with Gasteiger partial charge in [0.25, 0.3) is 11.8 Å². The van der Waals surface area contributed by atoms with Crippen molar-refractivity contribution in [3.8, 4) is 5.88 Å². The summed E-state index contributed by atoms with van der Waals surface area (Å²) in [5.74, 6) is 1.49. The number of hydrogen-bond acceptors (Lipinski definition) is 7. The lowest BCUT2D eigenvalue weighted by Crippen LogP contribution is -2.35. The Morgan fingerprint density at radius 2 is 2.03 bits per heavy atom. The highest BCUT2D eigenvalue weighted by molar-refractivity contribution is 5.96. The molecule has 1 N–H and O–H groups in total. The van der Waals surface area contributed by atoms with Crippen LogP contribution in [0.15, 0.2) is 41.3 Å². The molecule has 32 heavy (non-hydrogen) atoms. The lowest BCUT2D eigenvalue weighted by Gasteiger charge is -2.23. The van der Waals surface area contributed by atoms with E-state index in [1.807, 2.05) is 18.4 Å². The Kier molecular flexibility index (Phi) is 6.20. The Morgan fingerprint density at radius 3 is 2.75 bits per heavy atom. The largest absolute Gasteiger partial charge is 0.480 e. The molecule has 0 fully saturated rings. The number of nitrogens with zero attached hydrogens (tertiary/aromatic N) is 5. The predicted molar refractivity (Wildman–Crippen MR) is 114 cm³/mol. The second-order valence-electron chi connectivity index (χ2n) is 7.94. The van der Waals surface area contributed by atoms with Crippen molar-refractivity contribution in [2.45, 2.75) is 32.9 Å². The maximum absolute atomic E-state index is 13.1. The molecule has 1 unspecified atom stereocenters. The first-order valence-corrected chi connectivity index (χ1v) is 10.5. The SMILES string of the molecule is COc1ncccc1C(=O)N1CCc2nnc(C(NC(=O)c3ccoc3)C(C)C)n2CC1. The maximum Gasteiger partial charge on any atom is 0.259 e. The van der Waals surface area contributed by atoms with E-state index in [1.54, 1.807) is 29.3 Å². The quantitative estimate of drug-likeness (QED) is 0.627. The molecular formula is C22H26N6O4. The molecule has 10 nitrogen and oxygen atoms in total. The van der Waals surface area contributed by atoms with Crippen molar-refractivity contribution in [2.75, 3.05) is 20.2 Å². The lowest BCUT2D eigenvalue weighted by molar-refractivity contribution is 0.0754. The van der Waals surface area contributed by atoms with Crippen LogP contribution in [-0.4, -0.2) is 56.7 Å². The Hall–Kier alpha value is -3.69. The molecule has 0 saturated heterocycles.